The van der Waals surface area contributed by atoms with Crippen LogP contribution in [0.3, 0.4) is 0 Å². The number of pyridine rings is 4. The number of hydrogen-bond acceptors (Lipinski definition) is 36. The number of nitrogens with one attached hydrogen (secondary N) is 9. The number of phosphoric acid groups is 1. The standard InChI is InChI=1S/C41H62N11O18P.C27H29N6O.C21H36N6O10.2Zn/c1-20(2)16-28(41(65)66)51-38(62)27(18-32(45)55)50-36(60)24(11-14-34(57)58)47-33(56)19-46-39(63)29-4-3-15-52(29)40(64)25(10-13-31(44)54)48-37(61)26(49-35(59)23(42)9-12-30(43)53)17-21-5-7-22(8-6-21)70-71(67,68)69;34-27(21-32(17-23-9-1-5-13-28-23)18-24-10-2-6-14-29-24)22-33(19-25-11-3-7-15-30-25)20-26-12-4-8-16-31-26;1-9(29)15(22)19(35)25-12(8-28)18(34)26-16(10(2)30)20(36)24-11(5-6-14(31)32)21(37)27-7-3-4-13(27)17(23)33;;/h5-8,20,23-29H,3-4,9-19,42H2,1-2H3,(H2,43,53)(H2,44,54)(H2,45,55)(H,46,63)(H,47,56)(H,48,61)(H,49,59)(H,50,60)(H,51,62)(H,57,58)(H,65,66)(H2,67,68,69);1-16,27H,17-22H2;9-13,15-16,28-30H,3-8,22H2,1-2H3,(H2,23,33)(H,24,36)(H,25,35)(H,26,34)(H,31,32);;/q;-1;;2*+2/p-4. The van der Waals surface area contributed by atoms with Gasteiger partial charge >= 0.3 is 39.0 Å². The molecule has 5 aromatic rings. The fourth-order valence-corrected chi connectivity index (χ4v) is 14.9. The van der Waals surface area contributed by atoms with Crippen molar-refractivity contribution in [3.63, 3.8) is 0 Å². The number of likely N-dealkylation sites (tertiary alicyclic amines) is 2. The molecule has 52 nitrogen and oxygen atoms in total. The first-order valence-corrected chi connectivity index (χ1v) is 46.6. The molecule has 2 saturated heterocycles. The van der Waals surface area contributed by atoms with Crippen LogP contribution in [0.15, 0.2) is 122 Å². The Labute approximate surface area is 853 Å². The molecule has 0 spiro atoms. The fraction of sp³-hybridized carbons (Fsp3) is 0.506. The predicted octanol–water partition coefficient (Wildman–Crippen LogP) is -13.5. The Balaban J connectivity index is 0.000000609. The summed E-state index contributed by atoms with van der Waals surface area (Å²) in [5.41, 5.74) is 34.4. The van der Waals surface area contributed by atoms with Crippen LogP contribution in [0.1, 0.15) is 146 Å². The number of carbonyl (C=O) groups excluding carboxylic acids is 18. The van der Waals surface area contributed by atoms with E-state index >= 15 is 0 Å². The molecule has 0 aliphatic carbocycles. The van der Waals surface area contributed by atoms with Gasteiger partial charge in [-0.15, -0.1) is 6.10 Å². The first kappa shape index (κ1) is 125. The average molecular weight is 2140 g/mol. The number of rotatable bonds is 57. The van der Waals surface area contributed by atoms with Gasteiger partial charge in [0.15, 0.2) is 6.04 Å². The van der Waals surface area contributed by atoms with Crippen LogP contribution in [0.2, 0.25) is 0 Å². The van der Waals surface area contributed by atoms with Crippen molar-refractivity contribution in [2.75, 3.05) is 39.3 Å². The molecule has 14 unspecified atom stereocenters. The Hall–Kier alpha value is -12.8. The Morgan fingerprint density at radius 2 is 0.910 bits per heavy atom. The van der Waals surface area contributed by atoms with E-state index < -0.39 is 263 Å². The van der Waals surface area contributed by atoms with Gasteiger partial charge in [0.25, 0.3) is 5.91 Å². The number of carboxylic acids is 3. The van der Waals surface area contributed by atoms with Gasteiger partial charge in [0.2, 0.25) is 82.7 Å². The zero-order valence-corrected chi connectivity index (χ0v) is 86.8. The van der Waals surface area contributed by atoms with E-state index in [4.69, 9.17) is 28.7 Å². The number of phosphoric ester groups is 1. The molecule has 1 aromatic carbocycles. The number of nitrogens with two attached hydrogens (primary N) is 5. The molecule has 2 aliphatic rings. The van der Waals surface area contributed by atoms with E-state index in [-0.39, 0.29) is 108 Å². The van der Waals surface area contributed by atoms with Crippen molar-refractivity contribution in [1.82, 2.24) is 87.4 Å². The Morgan fingerprint density at radius 1 is 0.500 bits per heavy atom. The number of carbonyl (C=O) groups is 18. The first-order valence-electron chi connectivity index (χ1n) is 45.1. The maximum atomic E-state index is 14.1. The van der Waals surface area contributed by atoms with Crippen LogP contribution in [0.4, 0.5) is 0 Å². The summed E-state index contributed by atoms with van der Waals surface area (Å²) in [5, 5.41) is 96.6. The fourth-order valence-electron chi connectivity index (χ4n) is 14.5. The zero-order valence-electron chi connectivity index (χ0n) is 80.0. The summed E-state index contributed by atoms with van der Waals surface area (Å²) in [6, 6.07) is 10.4. The normalized spacial score (nSPS) is 15.7. The van der Waals surface area contributed by atoms with Crippen LogP contribution in [0.5, 0.6) is 5.75 Å². The third-order valence-electron chi connectivity index (χ3n) is 21.7. The quantitative estimate of drug-likeness (QED) is 0.0127. The Morgan fingerprint density at radius 3 is 1.33 bits per heavy atom. The van der Waals surface area contributed by atoms with E-state index in [1.54, 1.807) is 38.6 Å². The van der Waals surface area contributed by atoms with Gasteiger partial charge in [-0.25, -0.2) is 0 Å². The second-order valence-corrected chi connectivity index (χ2v) is 35.0. The largest absolute Gasteiger partial charge is 2.00 e. The predicted molar refractivity (Wildman–Crippen MR) is 483 cm³/mol. The molecule has 55 heteroatoms. The molecule has 6 heterocycles. The molecule has 0 bridgehead atoms. The summed E-state index contributed by atoms with van der Waals surface area (Å²) in [6.07, 6.45) is -0.580. The van der Waals surface area contributed by atoms with Crippen LogP contribution in [0, 0.1) is 5.92 Å². The Kier molecular flexibility index (Phi) is 55.7. The van der Waals surface area contributed by atoms with E-state index in [0.717, 1.165) is 51.6 Å². The number of aliphatic hydroxyl groups excluding tert-OH is 3. The summed E-state index contributed by atoms with van der Waals surface area (Å²) in [7, 11) is -5.44. The molecule has 4 aromatic heterocycles. The number of carboxylic acid groups (broad SMARTS) is 3. The second-order valence-electron chi connectivity index (χ2n) is 33.9. The Bertz CT molecular complexity index is 4930. The van der Waals surface area contributed by atoms with E-state index in [2.05, 4.69) is 87.8 Å². The molecule has 0 saturated carbocycles. The minimum Gasteiger partial charge on any atom is -0.850 e. The summed E-state index contributed by atoms with van der Waals surface area (Å²) in [4.78, 5) is 272. The van der Waals surface area contributed by atoms with E-state index in [9.17, 15) is 136 Å². The van der Waals surface area contributed by atoms with Crippen molar-refractivity contribution in [2.45, 2.75) is 241 Å². The van der Waals surface area contributed by atoms with Gasteiger partial charge in [-0.3, -0.25) is 102 Å². The van der Waals surface area contributed by atoms with Gasteiger partial charge in [-0.1, -0.05) is 50.2 Å². The van der Waals surface area contributed by atoms with Crippen molar-refractivity contribution < 1.29 is 186 Å². The molecule has 0 radical (unpaired) electrons. The van der Waals surface area contributed by atoms with Crippen LogP contribution in [-0.2, 0) is 162 Å². The second kappa shape index (κ2) is 64.0. The molecule has 15 amide bonds. The van der Waals surface area contributed by atoms with E-state index in [0.29, 0.717) is 52.1 Å². The van der Waals surface area contributed by atoms with Crippen molar-refractivity contribution in [1.29, 1.82) is 0 Å². The van der Waals surface area contributed by atoms with Crippen LogP contribution < -0.4 is 117 Å². The number of aromatic nitrogens is 4. The number of aliphatic hydroxyl groups is 3. The minimum atomic E-state index is -5.44. The number of hydrogen-bond donors (Lipinski definition) is 18. The van der Waals surface area contributed by atoms with Crippen LogP contribution in [-0.4, -0.2) is 292 Å². The smallest absolute Gasteiger partial charge is 0.850 e. The van der Waals surface area contributed by atoms with E-state index in [1.807, 2.05) is 72.8 Å². The SMILES string of the molecule is CC(C)CC(NC(=O)C(CC(N)=O)NC(=O)C(CCC(=O)[O-])NC(=O)CNC(=O)C1CCCN1C(=O)C(CCC(N)=O)NC(=O)C(Cc1ccc(OP(=O)([O-])[O-])cc1)NC(=O)C(N)CCC(N)=O)C(=O)[O-].CC(O)C([NH3+])C(=O)NC(CO)C(=O)NC(C(=O)NC(CCC(=O)[O-])C(=O)N1CCCC1C(N)=O)C(C)O.[O-]C(CN(Cc1ccccn1)Cc1ccccn1)CN(Cc1ccccn1)Cc1ccccn1.[Zn+2].[Zn+2]. The molecule has 7 rings (SSSR count). The van der Waals surface area contributed by atoms with Crippen LogP contribution >= 0.6 is 7.82 Å². The molecular formula is C89H123N23O29PZn2-. The number of primary amides is 4. The maximum Gasteiger partial charge on any atom is 2.00 e. The van der Waals surface area contributed by atoms with Gasteiger partial charge < -0.3 is 161 Å². The molecule has 25 N–H and O–H groups in total. The van der Waals surface area contributed by atoms with Crippen LogP contribution in [0.25, 0.3) is 0 Å². The first-order chi connectivity index (χ1) is 67.0. The summed E-state index contributed by atoms with van der Waals surface area (Å²) < 4.78 is 15.4. The average Bonchev–Trinajstić information content (AvgIpc) is 1.67. The van der Waals surface area contributed by atoms with Gasteiger partial charge in [0, 0.05) is 95.3 Å². The topological polar surface area (TPSA) is 863 Å². The maximum absolute atomic E-state index is 14.1. The third kappa shape index (κ3) is 46.7. The monoisotopic (exact) mass is 2140 g/mol. The third-order valence-corrected chi connectivity index (χ3v) is 22.2. The molecule has 14 atom stereocenters. The number of quaternary nitrogens is 1. The van der Waals surface area contributed by atoms with Crippen molar-refractivity contribution in [3.8, 4) is 5.75 Å². The van der Waals surface area contributed by atoms with Gasteiger partial charge in [0.1, 0.15) is 74.1 Å². The van der Waals surface area contributed by atoms with E-state index in [1.165, 1.54) is 19.1 Å². The number of aliphatic carboxylic acids is 3. The summed E-state index contributed by atoms with van der Waals surface area (Å²) in [5.74, 6) is -20.0. The zero-order chi connectivity index (χ0) is 106. The summed E-state index contributed by atoms with van der Waals surface area (Å²) >= 11 is 0. The molecule has 2 aliphatic heterocycles. The van der Waals surface area contributed by atoms with Crippen molar-refractivity contribution in [2.24, 2.45) is 34.6 Å². The van der Waals surface area contributed by atoms with Gasteiger partial charge in [-0.2, -0.15) is 0 Å². The molecule has 778 valence electrons. The van der Waals surface area contributed by atoms with Gasteiger partial charge in [-0.05, 0) is 170 Å². The number of benzene rings is 1. The minimum absolute atomic E-state index is 0. The number of nitrogens with zero attached hydrogens (tertiary/aromatic N) is 8. The number of amides is 15. The van der Waals surface area contributed by atoms with Crippen molar-refractivity contribution >= 4 is 114 Å². The molecular weight excluding hydrogens is 2020 g/mol. The molecule has 2 fully saturated rings. The molecule has 144 heavy (non-hydrogen) atoms. The summed E-state index contributed by atoms with van der Waals surface area (Å²) in [6.45, 7) is 7.18. The van der Waals surface area contributed by atoms with Gasteiger partial charge in [0.05, 0.1) is 66.5 Å². The van der Waals surface area contributed by atoms with Crippen molar-refractivity contribution in [3.05, 3.63) is 150 Å².